The first-order valence-electron chi connectivity index (χ1n) is 6.24. The van der Waals surface area contributed by atoms with Gasteiger partial charge in [0.2, 0.25) is 5.76 Å². The number of rotatable bonds is 2. The number of fused-ring (bicyclic) bond motifs is 1. The van der Waals surface area contributed by atoms with Crippen LogP contribution in [0.5, 0.6) is 0 Å². The fraction of sp³-hybridized carbons (Fsp3) is 0.125. The van der Waals surface area contributed by atoms with Crippen molar-refractivity contribution < 1.29 is 17.6 Å². The Kier molecular flexibility index (Phi) is 3.45. The highest BCUT2D eigenvalue weighted by Crippen LogP contribution is 2.45. The molecule has 108 valence electrons. The SMILES string of the molecule is CSc1c(C(F)(F)F)oc2cccc(-c3ccccc3)c12. The van der Waals surface area contributed by atoms with Gasteiger partial charge in [-0.3, -0.25) is 0 Å². The first-order valence-corrected chi connectivity index (χ1v) is 7.47. The molecule has 0 fully saturated rings. The van der Waals surface area contributed by atoms with E-state index in [0.717, 1.165) is 22.9 Å². The average Bonchev–Trinajstić information content (AvgIpc) is 2.87. The summed E-state index contributed by atoms with van der Waals surface area (Å²) in [5.74, 6) is -0.923. The van der Waals surface area contributed by atoms with E-state index in [2.05, 4.69) is 0 Å². The lowest BCUT2D eigenvalue weighted by molar-refractivity contribution is -0.154. The number of hydrogen-bond acceptors (Lipinski definition) is 2. The van der Waals surface area contributed by atoms with Crippen molar-refractivity contribution in [3.8, 4) is 11.1 Å². The van der Waals surface area contributed by atoms with Gasteiger partial charge < -0.3 is 4.42 Å². The molecule has 1 heterocycles. The van der Waals surface area contributed by atoms with Crippen LogP contribution in [0.3, 0.4) is 0 Å². The summed E-state index contributed by atoms with van der Waals surface area (Å²) >= 11 is 1.05. The van der Waals surface area contributed by atoms with Gasteiger partial charge in [-0.15, -0.1) is 11.8 Å². The quantitative estimate of drug-likeness (QED) is 0.552. The zero-order valence-electron chi connectivity index (χ0n) is 11.1. The Labute approximate surface area is 123 Å². The lowest BCUT2D eigenvalue weighted by atomic mass is 10.0. The summed E-state index contributed by atoms with van der Waals surface area (Å²) in [6.07, 6.45) is -2.87. The molecular weight excluding hydrogens is 297 g/mol. The molecule has 0 N–H and O–H groups in total. The molecule has 3 rings (SSSR count). The van der Waals surface area contributed by atoms with Gasteiger partial charge in [-0.2, -0.15) is 13.2 Å². The highest BCUT2D eigenvalue weighted by molar-refractivity contribution is 7.98. The zero-order valence-corrected chi connectivity index (χ0v) is 11.9. The standard InChI is InChI=1S/C16H11F3OS/c1-21-14-13-11(10-6-3-2-4-7-10)8-5-9-12(13)20-15(14)16(17,18)19/h2-9H,1H3. The molecule has 0 bridgehead atoms. The minimum Gasteiger partial charge on any atom is -0.450 e. The van der Waals surface area contributed by atoms with Crippen molar-refractivity contribution in [3.63, 3.8) is 0 Å². The van der Waals surface area contributed by atoms with Gasteiger partial charge in [0, 0.05) is 5.39 Å². The van der Waals surface area contributed by atoms with Crippen LogP contribution in [0.15, 0.2) is 57.8 Å². The molecule has 1 nitrogen and oxygen atoms in total. The van der Waals surface area contributed by atoms with Gasteiger partial charge in [0.15, 0.2) is 0 Å². The normalized spacial score (nSPS) is 12.0. The van der Waals surface area contributed by atoms with Gasteiger partial charge in [0.05, 0.1) is 4.90 Å². The smallest absolute Gasteiger partial charge is 0.450 e. The lowest BCUT2D eigenvalue weighted by Crippen LogP contribution is -2.04. The summed E-state index contributed by atoms with van der Waals surface area (Å²) < 4.78 is 44.4. The van der Waals surface area contributed by atoms with E-state index >= 15 is 0 Å². The number of hydrogen-bond donors (Lipinski definition) is 0. The average molecular weight is 308 g/mol. The Morgan fingerprint density at radius 1 is 0.952 bits per heavy atom. The topological polar surface area (TPSA) is 13.1 Å². The van der Waals surface area contributed by atoms with Crippen molar-refractivity contribution in [1.82, 2.24) is 0 Å². The Bertz CT molecular complexity index is 775. The fourth-order valence-corrected chi connectivity index (χ4v) is 3.12. The molecule has 0 aliphatic heterocycles. The van der Waals surface area contributed by atoms with Crippen LogP contribution in [-0.4, -0.2) is 6.26 Å². The maximum absolute atomic E-state index is 13.1. The molecule has 0 amide bonds. The lowest BCUT2D eigenvalue weighted by Gasteiger charge is -2.06. The van der Waals surface area contributed by atoms with Gasteiger partial charge >= 0.3 is 6.18 Å². The Morgan fingerprint density at radius 2 is 1.67 bits per heavy atom. The van der Waals surface area contributed by atoms with Crippen molar-refractivity contribution in [2.24, 2.45) is 0 Å². The fourth-order valence-electron chi connectivity index (χ4n) is 2.36. The van der Waals surface area contributed by atoms with E-state index in [9.17, 15) is 13.2 Å². The van der Waals surface area contributed by atoms with E-state index < -0.39 is 11.9 Å². The van der Waals surface area contributed by atoms with E-state index in [4.69, 9.17) is 4.42 Å². The number of furan rings is 1. The van der Waals surface area contributed by atoms with Crippen molar-refractivity contribution >= 4 is 22.7 Å². The highest BCUT2D eigenvalue weighted by Gasteiger charge is 2.39. The first-order chi connectivity index (χ1) is 10.0. The van der Waals surface area contributed by atoms with Crippen molar-refractivity contribution in [3.05, 3.63) is 54.3 Å². The van der Waals surface area contributed by atoms with Gasteiger partial charge in [-0.1, -0.05) is 42.5 Å². The van der Waals surface area contributed by atoms with Crippen molar-refractivity contribution in [1.29, 1.82) is 0 Å². The molecule has 0 aliphatic rings. The van der Waals surface area contributed by atoms with Gasteiger partial charge in [0.1, 0.15) is 5.58 Å². The first kappa shape index (κ1) is 14.1. The second kappa shape index (κ2) is 5.15. The predicted molar refractivity (Wildman–Crippen MR) is 78.4 cm³/mol. The maximum atomic E-state index is 13.1. The number of thioether (sulfide) groups is 1. The largest absolute Gasteiger partial charge is 0.450 e. The van der Waals surface area contributed by atoms with Crippen LogP contribution in [0.1, 0.15) is 5.76 Å². The van der Waals surface area contributed by atoms with E-state index in [1.165, 1.54) is 0 Å². The van der Waals surface area contributed by atoms with Crippen LogP contribution >= 0.6 is 11.8 Å². The molecule has 3 aromatic rings. The Hall–Kier alpha value is -1.88. The number of alkyl halides is 3. The van der Waals surface area contributed by atoms with Gasteiger partial charge in [-0.25, -0.2) is 0 Å². The van der Waals surface area contributed by atoms with Crippen LogP contribution in [0.4, 0.5) is 13.2 Å². The minimum absolute atomic E-state index is 0.136. The van der Waals surface area contributed by atoms with Crippen molar-refractivity contribution in [2.45, 2.75) is 11.1 Å². The zero-order chi connectivity index (χ0) is 15.0. The summed E-state index contributed by atoms with van der Waals surface area (Å²) in [7, 11) is 0. The number of halogens is 3. The summed E-state index contributed by atoms with van der Waals surface area (Å²) in [6, 6.07) is 14.4. The monoisotopic (exact) mass is 308 g/mol. The van der Waals surface area contributed by atoms with Gasteiger partial charge in [0.25, 0.3) is 0 Å². The van der Waals surface area contributed by atoms with Crippen LogP contribution in [0.2, 0.25) is 0 Å². The minimum atomic E-state index is -4.49. The third kappa shape index (κ3) is 2.42. The maximum Gasteiger partial charge on any atom is 0.450 e. The summed E-state index contributed by atoms with van der Waals surface area (Å²) in [5, 5.41) is 0.517. The second-order valence-corrected chi connectivity index (χ2v) is 5.32. The van der Waals surface area contributed by atoms with E-state index in [1.54, 1.807) is 18.4 Å². The molecule has 0 radical (unpaired) electrons. The molecule has 0 atom stereocenters. The molecule has 0 unspecified atom stereocenters. The Morgan fingerprint density at radius 3 is 2.29 bits per heavy atom. The predicted octanol–water partition coefficient (Wildman–Crippen LogP) is 5.84. The van der Waals surface area contributed by atoms with E-state index in [1.807, 2.05) is 36.4 Å². The summed E-state index contributed by atoms with van der Waals surface area (Å²) in [6.45, 7) is 0. The summed E-state index contributed by atoms with van der Waals surface area (Å²) in [4.78, 5) is 0.136. The molecule has 0 spiro atoms. The van der Waals surface area contributed by atoms with Crippen LogP contribution in [0, 0.1) is 0 Å². The Balaban J connectivity index is 2.36. The third-order valence-corrected chi connectivity index (χ3v) is 4.02. The molecule has 5 heteroatoms. The molecule has 2 aromatic carbocycles. The van der Waals surface area contributed by atoms with Crippen LogP contribution in [-0.2, 0) is 6.18 Å². The van der Waals surface area contributed by atoms with Crippen LogP contribution in [0.25, 0.3) is 22.1 Å². The molecule has 1 aromatic heterocycles. The second-order valence-electron chi connectivity index (χ2n) is 4.51. The molecular formula is C16H11F3OS. The third-order valence-electron chi connectivity index (χ3n) is 3.22. The van der Waals surface area contributed by atoms with E-state index in [-0.39, 0.29) is 10.5 Å². The molecule has 21 heavy (non-hydrogen) atoms. The molecule has 0 saturated heterocycles. The summed E-state index contributed by atoms with van der Waals surface area (Å²) in [5.41, 5.74) is 1.87. The molecule has 0 aliphatic carbocycles. The highest BCUT2D eigenvalue weighted by atomic mass is 32.2. The van der Waals surface area contributed by atoms with Gasteiger partial charge in [-0.05, 0) is 23.4 Å². The van der Waals surface area contributed by atoms with Crippen molar-refractivity contribution in [2.75, 3.05) is 6.26 Å². The van der Waals surface area contributed by atoms with Crippen LogP contribution < -0.4 is 0 Å². The molecule has 0 saturated carbocycles. The number of benzene rings is 2. The van der Waals surface area contributed by atoms with E-state index in [0.29, 0.717) is 5.39 Å².